The molecule has 0 aliphatic carbocycles. The molecule has 0 atom stereocenters. The van der Waals surface area contributed by atoms with Gasteiger partial charge in [0.1, 0.15) is 0 Å². The van der Waals surface area contributed by atoms with Crippen LogP contribution in [0.5, 0.6) is 0 Å². The van der Waals surface area contributed by atoms with Crippen molar-refractivity contribution in [2.45, 2.75) is 25.3 Å². The Morgan fingerprint density at radius 3 is 2.61 bits per heavy atom. The number of ether oxygens (including phenoxy) is 1. The number of nitrogens with zero attached hydrogens (tertiary/aromatic N) is 1. The maximum absolute atomic E-state index is 12.2. The molecular weight excluding hydrogens is 372 g/mol. The number of esters is 1. The minimum absolute atomic E-state index is 0.126. The summed E-state index contributed by atoms with van der Waals surface area (Å²) in [5.74, 6) is -0.225. The van der Waals surface area contributed by atoms with Crippen LogP contribution in [0, 0.1) is 6.92 Å². The van der Waals surface area contributed by atoms with Crippen molar-refractivity contribution >= 4 is 40.2 Å². The lowest BCUT2D eigenvalue weighted by Crippen LogP contribution is -2.14. The number of anilines is 1. The Bertz CT molecular complexity index is 987. The fraction of sp³-hybridized carbons (Fsp3) is 0.227. The molecule has 3 rings (SSSR count). The van der Waals surface area contributed by atoms with E-state index >= 15 is 0 Å². The second kappa shape index (κ2) is 9.37. The molecule has 1 N–H and O–H groups in total. The molecule has 0 aliphatic heterocycles. The van der Waals surface area contributed by atoms with E-state index in [1.807, 2.05) is 44.2 Å². The summed E-state index contributed by atoms with van der Waals surface area (Å²) in [6.07, 6.45) is 0.781. The maximum atomic E-state index is 12.2. The molecule has 1 aromatic heterocycles. The number of para-hydroxylation sites is 1. The van der Waals surface area contributed by atoms with Crippen LogP contribution in [0.25, 0.3) is 10.9 Å². The van der Waals surface area contributed by atoms with Gasteiger partial charge >= 0.3 is 5.97 Å². The van der Waals surface area contributed by atoms with E-state index in [9.17, 15) is 9.59 Å². The van der Waals surface area contributed by atoms with Gasteiger partial charge in [0.25, 0.3) is 0 Å². The minimum Gasteiger partial charge on any atom is -0.462 e. The molecule has 0 unspecified atom stereocenters. The van der Waals surface area contributed by atoms with Gasteiger partial charge in [-0.1, -0.05) is 36.9 Å². The first-order valence-corrected chi connectivity index (χ1v) is 10.1. The third kappa shape index (κ3) is 5.10. The van der Waals surface area contributed by atoms with E-state index in [4.69, 9.17) is 4.74 Å². The van der Waals surface area contributed by atoms with Gasteiger partial charge < -0.3 is 10.1 Å². The number of aryl methyl sites for hydroxylation is 1. The zero-order valence-corrected chi connectivity index (χ0v) is 16.7. The smallest absolute Gasteiger partial charge is 0.338 e. The monoisotopic (exact) mass is 394 g/mol. The Kier molecular flexibility index (Phi) is 6.66. The average molecular weight is 394 g/mol. The molecule has 6 heteroatoms. The molecule has 0 spiro atoms. The van der Waals surface area contributed by atoms with E-state index < -0.39 is 0 Å². The summed E-state index contributed by atoms with van der Waals surface area (Å²) in [7, 11) is 0. The standard InChI is InChI=1S/C22H22N2O3S/c1-3-12-27-22(26)16-8-10-17(11-9-16)23-20(25)14-28-21-13-15(2)18-6-4-5-7-19(18)24-21/h4-11,13H,3,12,14H2,1-2H3,(H,23,25). The number of aromatic nitrogens is 1. The summed E-state index contributed by atoms with van der Waals surface area (Å²) in [5, 5.41) is 4.77. The molecule has 1 heterocycles. The molecule has 5 nitrogen and oxygen atoms in total. The number of thioether (sulfide) groups is 1. The molecule has 0 aliphatic rings. The van der Waals surface area contributed by atoms with E-state index in [1.165, 1.54) is 11.8 Å². The number of nitrogens with one attached hydrogen (secondary N) is 1. The number of pyridine rings is 1. The molecule has 144 valence electrons. The van der Waals surface area contributed by atoms with Gasteiger partial charge in [-0.25, -0.2) is 9.78 Å². The van der Waals surface area contributed by atoms with Gasteiger partial charge in [0.05, 0.1) is 28.5 Å². The third-order valence-corrected chi connectivity index (χ3v) is 5.00. The summed E-state index contributed by atoms with van der Waals surface area (Å²) < 4.78 is 5.09. The van der Waals surface area contributed by atoms with Gasteiger partial charge in [0.15, 0.2) is 0 Å². The highest BCUT2D eigenvalue weighted by atomic mass is 32.2. The summed E-state index contributed by atoms with van der Waals surface area (Å²) in [5.41, 5.74) is 3.17. The predicted molar refractivity (Wildman–Crippen MR) is 113 cm³/mol. The van der Waals surface area contributed by atoms with Crippen molar-refractivity contribution in [2.75, 3.05) is 17.7 Å². The Balaban J connectivity index is 1.56. The maximum Gasteiger partial charge on any atom is 0.338 e. The van der Waals surface area contributed by atoms with Gasteiger partial charge in [-0.2, -0.15) is 0 Å². The van der Waals surface area contributed by atoms with Crippen molar-refractivity contribution in [3.05, 3.63) is 65.7 Å². The quantitative estimate of drug-likeness (QED) is 0.459. The number of hydrogen-bond acceptors (Lipinski definition) is 5. The summed E-state index contributed by atoms with van der Waals surface area (Å²) in [6, 6.07) is 16.7. The number of amides is 1. The van der Waals surface area contributed by atoms with Crippen LogP contribution < -0.4 is 5.32 Å². The van der Waals surface area contributed by atoms with Crippen molar-refractivity contribution in [3.63, 3.8) is 0 Å². The van der Waals surface area contributed by atoms with Crippen LogP contribution in [0.4, 0.5) is 5.69 Å². The summed E-state index contributed by atoms with van der Waals surface area (Å²) >= 11 is 1.40. The van der Waals surface area contributed by atoms with Crippen molar-refractivity contribution in [1.29, 1.82) is 0 Å². The third-order valence-electron chi connectivity index (χ3n) is 4.09. The summed E-state index contributed by atoms with van der Waals surface area (Å²) in [6.45, 7) is 4.39. The SMILES string of the molecule is CCCOC(=O)c1ccc(NC(=O)CSc2cc(C)c3ccccc3n2)cc1. The fourth-order valence-electron chi connectivity index (χ4n) is 2.70. The average Bonchev–Trinajstić information content (AvgIpc) is 2.71. The van der Waals surface area contributed by atoms with E-state index in [0.29, 0.717) is 17.9 Å². The number of hydrogen-bond donors (Lipinski definition) is 1. The van der Waals surface area contributed by atoms with Crippen molar-refractivity contribution < 1.29 is 14.3 Å². The first-order chi connectivity index (χ1) is 13.6. The number of fused-ring (bicyclic) bond motifs is 1. The minimum atomic E-state index is -0.354. The van der Waals surface area contributed by atoms with E-state index in [-0.39, 0.29) is 17.6 Å². The van der Waals surface area contributed by atoms with Gasteiger partial charge in [0, 0.05) is 11.1 Å². The Hall–Kier alpha value is -2.86. The first kappa shape index (κ1) is 19.9. The predicted octanol–water partition coefficient (Wildman–Crippen LogP) is 4.84. The highest BCUT2D eigenvalue weighted by molar-refractivity contribution is 7.99. The molecule has 3 aromatic rings. The zero-order valence-electron chi connectivity index (χ0n) is 15.9. The number of carbonyl (C=O) groups is 2. The Labute approximate surface area is 168 Å². The topological polar surface area (TPSA) is 68.3 Å². The second-order valence-electron chi connectivity index (χ2n) is 6.34. The molecule has 0 bridgehead atoms. The Morgan fingerprint density at radius 1 is 1.11 bits per heavy atom. The highest BCUT2D eigenvalue weighted by Gasteiger charge is 2.09. The molecule has 2 aromatic carbocycles. The molecule has 0 fully saturated rings. The summed E-state index contributed by atoms with van der Waals surface area (Å²) in [4.78, 5) is 28.6. The molecule has 0 saturated carbocycles. The lowest BCUT2D eigenvalue weighted by Gasteiger charge is -2.08. The van der Waals surface area contributed by atoms with Crippen LogP contribution >= 0.6 is 11.8 Å². The fourth-order valence-corrected chi connectivity index (χ4v) is 3.47. The second-order valence-corrected chi connectivity index (χ2v) is 7.34. The van der Waals surface area contributed by atoms with Crippen LogP contribution in [0.15, 0.2) is 59.6 Å². The Morgan fingerprint density at radius 2 is 1.86 bits per heavy atom. The van der Waals surface area contributed by atoms with Crippen LogP contribution in [-0.4, -0.2) is 29.2 Å². The number of rotatable bonds is 7. The van der Waals surface area contributed by atoms with E-state index in [1.54, 1.807) is 24.3 Å². The molecule has 0 saturated heterocycles. The van der Waals surface area contributed by atoms with Gasteiger partial charge in [-0.05, 0) is 55.3 Å². The molecule has 0 radical (unpaired) electrons. The lowest BCUT2D eigenvalue weighted by atomic mass is 10.1. The van der Waals surface area contributed by atoms with Crippen LogP contribution in [0.3, 0.4) is 0 Å². The lowest BCUT2D eigenvalue weighted by molar-refractivity contribution is -0.113. The first-order valence-electron chi connectivity index (χ1n) is 9.13. The largest absolute Gasteiger partial charge is 0.462 e. The molecule has 1 amide bonds. The van der Waals surface area contributed by atoms with Gasteiger partial charge in [0.2, 0.25) is 5.91 Å². The normalized spacial score (nSPS) is 10.6. The van der Waals surface area contributed by atoms with Crippen LogP contribution in [0.2, 0.25) is 0 Å². The zero-order chi connectivity index (χ0) is 19.9. The van der Waals surface area contributed by atoms with E-state index in [2.05, 4.69) is 10.3 Å². The van der Waals surface area contributed by atoms with Crippen LogP contribution in [0.1, 0.15) is 29.3 Å². The number of benzene rings is 2. The van der Waals surface area contributed by atoms with Gasteiger partial charge in [-0.3, -0.25) is 4.79 Å². The van der Waals surface area contributed by atoms with Crippen molar-refractivity contribution in [1.82, 2.24) is 4.98 Å². The van der Waals surface area contributed by atoms with Gasteiger partial charge in [-0.15, -0.1) is 0 Å². The van der Waals surface area contributed by atoms with Crippen molar-refractivity contribution in [3.8, 4) is 0 Å². The van der Waals surface area contributed by atoms with Crippen molar-refractivity contribution in [2.24, 2.45) is 0 Å². The van der Waals surface area contributed by atoms with Crippen LogP contribution in [-0.2, 0) is 9.53 Å². The van der Waals surface area contributed by atoms with E-state index in [0.717, 1.165) is 27.9 Å². The molecular formula is C22H22N2O3S. The number of carbonyl (C=O) groups excluding carboxylic acids is 2. The highest BCUT2D eigenvalue weighted by Crippen LogP contribution is 2.23. The molecule has 28 heavy (non-hydrogen) atoms.